The van der Waals surface area contributed by atoms with Gasteiger partial charge in [0.25, 0.3) is 5.91 Å². The van der Waals surface area contributed by atoms with Gasteiger partial charge in [-0.25, -0.2) is 0 Å². The Hall–Kier alpha value is -1.59. The van der Waals surface area contributed by atoms with Crippen LogP contribution in [0.4, 0.5) is 0 Å². The number of carbonyl (C=O) groups is 2. The van der Waals surface area contributed by atoms with Crippen LogP contribution in [-0.2, 0) is 11.3 Å². The van der Waals surface area contributed by atoms with Crippen LogP contribution in [0, 0.1) is 5.92 Å². The Morgan fingerprint density at radius 2 is 2.14 bits per heavy atom. The Kier molecular flexibility index (Phi) is 7.91. The van der Waals surface area contributed by atoms with Crippen LogP contribution in [0.2, 0.25) is 0 Å². The molecule has 0 spiro atoms. The zero-order valence-electron chi connectivity index (χ0n) is 12.9. The van der Waals surface area contributed by atoms with Gasteiger partial charge in [0.15, 0.2) is 0 Å². The van der Waals surface area contributed by atoms with Gasteiger partial charge in [-0.15, -0.1) is 12.4 Å². The first kappa shape index (κ1) is 18.5. The third-order valence-corrected chi connectivity index (χ3v) is 3.66. The first-order chi connectivity index (χ1) is 10.2. The molecule has 122 valence electrons. The van der Waals surface area contributed by atoms with Crippen LogP contribution in [0.3, 0.4) is 0 Å². The molecule has 0 bridgehead atoms. The molecule has 1 aromatic rings. The second-order valence-electron chi connectivity index (χ2n) is 5.32. The molecule has 5 nitrogen and oxygen atoms in total. The lowest BCUT2D eigenvalue weighted by atomic mass is 9.99. The van der Waals surface area contributed by atoms with E-state index in [-0.39, 0.29) is 30.1 Å². The fraction of sp³-hybridized carbons (Fsp3) is 0.500. The second-order valence-corrected chi connectivity index (χ2v) is 5.32. The maximum Gasteiger partial charge on any atom is 0.251 e. The SMILES string of the molecule is CCNC(=O)c1cccc(CNC(=O)C2CCCNC2)c1.Cl. The molecule has 0 aromatic heterocycles. The van der Waals surface area contributed by atoms with Crippen molar-refractivity contribution in [1.82, 2.24) is 16.0 Å². The minimum atomic E-state index is -0.0813. The van der Waals surface area contributed by atoms with E-state index in [1.54, 1.807) is 6.07 Å². The van der Waals surface area contributed by atoms with Crippen LogP contribution in [-0.4, -0.2) is 31.4 Å². The summed E-state index contributed by atoms with van der Waals surface area (Å²) in [4.78, 5) is 23.8. The van der Waals surface area contributed by atoms with Gasteiger partial charge in [-0.2, -0.15) is 0 Å². The molecule has 0 saturated carbocycles. The number of piperidine rings is 1. The standard InChI is InChI=1S/C16H23N3O2.ClH/c1-2-18-15(20)13-6-3-5-12(9-13)10-19-16(21)14-7-4-8-17-11-14;/h3,5-6,9,14,17H,2,4,7-8,10-11H2,1H3,(H,18,20)(H,19,21);1H. The lowest BCUT2D eigenvalue weighted by Gasteiger charge is -2.21. The van der Waals surface area contributed by atoms with Crippen molar-refractivity contribution in [3.8, 4) is 0 Å². The van der Waals surface area contributed by atoms with Crippen LogP contribution < -0.4 is 16.0 Å². The molecular weight excluding hydrogens is 302 g/mol. The van der Waals surface area contributed by atoms with Gasteiger partial charge in [0.2, 0.25) is 5.91 Å². The number of carbonyl (C=O) groups excluding carboxylic acids is 2. The minimum Gasteiger partial charge on any atom is -0.352 e. The predicted molar refractivity (Wildman–Crippen MR) is 89.1 cm³/mol. The van der Waals surface area contributed by atoms with Gasteiger partial charge in [-0.3, -0.25) is 9.59 Å². The highest BCUT2D eigenvalue weighted by molar-refractivity contribution is 5.94. The largest absolute Gasteiger partial charge is 0.352 e. The molecule has 1 aromatic carbocycles. The average Bonchev–Trinajstić information content (AvgIpc) is 2.54. The smallest absolute Gasteiger partial charge is 0.251 e. The first-order valence-corrected chi connectivity index (χ1v) is 7.56. The molecule has 1 heterocycles. The predicted octanol–water partition coefficient (Wildman–Crippen LogP) is 1.47. The van der Waals surface area contributed by atoms with Crippen LogP contribution >= 0.6 is 12.4 Å². The zero-order valence-corrected chi connectivity index (χ0v) is 13.7. The molecule has 0 radical (unpaired) electrons. The summed E-state index contributed by atoms with van der Waals surface area (Å²) < 4.78 is 0. The van der Waals surface area contributed by atoms with Crippen molar-refractivity contribution in [3.05, 3.63) is 35.4 Å². The molecule has 1 aliphatic heterocycles. The van der Waals surface area contributed by atoms with E-state index in [4.69, 9.17) is 0 Å². The number of benzene rings is 1. The molecule has 1 unspecified atom stereocenters. The molecule has 1 aliphatic rings. The molecule has 6 heteroatoms. The van der Waals surface area contributed by atoms with Crippen LogP contribution in [0.15, 0.2) is 24.3 Å². The fourth-order valence-electron chi connectivity index (χ4n) is 2.49. The van der Waals surface area contributed by atoms with Crippen molar-refractivity contribution in [2.45, 2.75) is 26.3 Å². The molecule has 0 aliphatic carbocycles. The molecule has 1 fully saturated rings. The van der Waals surface area contributed by atoms with Gasteiger partial charge < -0.3 is 16.0 Å². The minimum absolute atomic E-state index is 0. The molecule has 2 amide bonds. The summed E-state index contributed by atoms with van der Waals surface area (Å²) in [6.45, 7) is 4.71. The van der Waals surface area contributed by atoms with Crippen molar-refractivity contribution in [2.24, 2.45) is 5.92 Å². The van der Waals surface area contributed by atoms with Gasteiger partial charge in [0.1, 0.15) is 0 Å². The van der Waals surface area contributed by atoms with Gasteiger partial charge in [0.05, 0.1) is 5.92 Å². The highest BCUT2D eigenvalue weighted by atomic mass is 35.5. The Bertz CT molecular complexity index is 502. The van der Waals surface area contributed by atoms with Crippen LogP contribution in [0.25, 0.3) is 0 Å². The Labute approximate surface area is 137 Å². The van der Waals surface area contributed by atoms with Crippen LogP contribution in [0.5, 0.6) is 0 Å². The Morgan fingerprint density at radius 3 is 2.82 bits per heavy atom. The van der Waals surface area contributed by atoms with Gasteiger partial charge in [-0.05, 0) is 44.0 Å². The summed E-state index contributed by atoms with van der Waals surface area (Å²) in [6.07, 6.45) is 1.99. The normalized spacial score (nSPS) is 17.2. The fourth-order valence-corrected chi connectivity index (χ4v) is 2.49. The van der Waals surface area contributed by atoms with E-state index in [9.17, 15) is 9.59 Å². The third kappa shape index (κ3) is 5.31. The summed E-state index contributed by atoms with van der Waals surface area (Å²) in [6, 6.07) is 7.36. The summed E-state index contributed by atoms with van der Waals surface area (Å²) in [7, 11) is 0. The number of rotatable bonds is 5. The van der Waals surface area contributed by atoms with Crippen molar-refractivity contribution < 1.29 is 9.59 Å². The van der Waals surface area contributed by atoms with Crippen molar-refractivity contribution in [2.75, 3.05) is 19.6 Å². The summed E-state index contributed by atoms with van der Waals surface area (Å²) in [5, 5.41) is 8.97. The third-order valence-electron chi connectivity index (χ3n) is 3.66. The van der Waals surface area contributed by atoms with E-state index in [0.717, 1.165) is 31.5 Å². The molecule has 1 atom stereocenters. The van der Waals surface area contributed by atoms with E-state index < -0.39 is 0 Å². The number of hydrogen-bond donors (Lipinski definition) is 3. The topological polar surface area (TPSA) is 70.2 Å². The summed E-state index contributed by atoms with van der Waals surface area (Å²) in [5.74, 6) is 0.0677. The van der Waals surface area contributed by atoms with Crippen LogP contribution in [0.1, 0.15) is 35.7 Å². The van der Waals surface area contributed by atoms with E-state index in [1.807, 2.05) is 25.1 Å². The van der Waals surface area contributed by atoms with Gasteiger partial charge in [-0.1, -0.05) is 12.1 Å². The highest BCUT2D eigenvalue weighted by Gasteiger charge is 2.20. The molecule has 1 saturated heterocycles. The Morgan fingerprint density at radius 1 is 1.32 bits per heavy atom. The van der Waals surface area contributed by atoms with E-state index >= 15 is 0 Å². The van der Waals surface area contributed by atoms with E-state index in [2.05, 4.69) is 16.0 Å². The number of nitrogens with one attached hydrogen (secondary N) is 3. The van der Waals surface area contributed by atoms with Crippen molar-refractivity contribution in [1.29, 1.82) is 0 Å². The highest BCUT2D eigenvalue weighted by Crippen LogP contribution is 2.11. The molecule has 22 heavy (non-hydrogen) atoms. The number of hydrogen-bond acceptors (Lipinski definition) is 3. The quantitative estimate of drug-likeness (QED) is 0.768. The average molecular weight is 326 g/mol. The molecule has 3 N–H and O–H groups in total. The number of amides is 2. The summed E-state index contributed by atoms with van der Waals surface area (Å²) >= 11 is 0. The summed E-state index contributed by atoms with van der Waals surface area (Å²) in [5.41, 5.74) is 1.57. The molecule has 2 rings (SSSR count). The monoisotopic (exact) mass is 325 g/mol. The number of halogens is 1. The maximum absolute atomic E-state index is 12.1. The lowest BCUT2D eigenvalue weighted by molar-refractivity contribution is -0.125. The van der Waals surface area contributed by atoms with Gasteiger partial charge >= 0.3 is 0 Å². The maximum atomic E-state index is 12.1. The lowest BCUT2D eigenvalue weighted by Crippen LogP contribution is -2.40. The van der Waals surface area contributed by atoms with Crippen molar-refractivity contribution >= 4 is 24.2 Å². The first-order valence-electron chi connectivity index (χ1n) is 7.56. The van der Waals surface area contributed by atoms with Gasteiger partial charge in [0, 0.05) is 25.2 Å². The Balaban J connectivity index is 0.00000242. The van der Waals surface area contributed by atoms with E-state index in [0.29, 0.717) is 18.7 Å². The second kappa shape index (κ2) is 9.43. The molecular formula is C16H24ClN3O2. The van der Waals surface area contributed by atoms with E-state index in [1.165, 1.54) is 0 Å². The zero-order chi connectivity index (χ0) is 15.1. The van der Waals surface area contributed by atoms with Crippen molar-refractivity contribution in [3.63, 3.8) is 0 Å².